The first-order valence-corrected chi connectivity index (χ1v) is 8.45. The fraction of sp³-hybridized carbons (Fsp3) is 0.350. The summed E-state index contributed by atoms with van der Waals surface area (Å²) in [5.41, 5.74) is 10.5. The van der Waals surface area contributed by atoms with E-state index in [1.165, 1.54) is 5.56 Å². The van der Waals surface area contributed by atoms with Crippen LogP contribution in [0.5, 0.6) is 11.5 Å². The number of amides is 1. The van der Waals surface area contributed by atoms with E-state index in [-0.39, 0.29) is 24.4 Å². The molecular weight excluding hydrogens is 352 g/mol. The van der Waals surface area contributed by atoms with Gasteiger partial charge in [-0.1, -0.05) is 6.07 Å². The van der Waals surface area contributed by atoms with Crippen LogP contribution in [0.15, 0.2) is 30.3 Å². The number of nitrogen functional groups attached to an aromatic ring is 1. The van der Waals surface area contributed by atoms with Crippen LogP contribution < -0.4 is 20.5 Å². The molecule has 0 aliphatic heterocycles. The van der Waals surface area contributed by atoms with Crippen molar-refractivity contribution < 1.29 is 14.3 Å². The van der Waals surface area contributed by atoms with E-state index in [0.29, 0.717) is 17.1 Å². The lowest BCUT2D eigenvalue weighted by Gasteiger charge is -2.27. The zero-order chi connectivity index (χ0) is 18.0. The molecule has 1 aliphatic carbocycles. The van der Waals surface area contributed by atoms with Crippen molar-refractivity contribution in [1.29, 1.82) is 0 Å². The normalized spacial score (nSPS) is 15.4. The Kier molecular flexibility index (Phi) is 6.37. The Morgan fingerprint density at radius 2 is 1.85 bits per heavy atom. The van der Waals surface area contributed by atoms with Crippen LogP contribution >= 0.6 is 12.4 Å². The molecule has 0 bridgehead atoms. The monoisotopic (exact) mass is 376 g/mol. The number of ether oxygens (including phenoxy) is 2. The van der Waals surface area contributed by atoms with Gasteiger partial charge < -0.3 is 20.5 Å². The molecule has 1 amide bonds. The van der Waals surface area contributed by atoms with Gasteiger partial charge >= 0.3 is 0 Å². The quantitative estimate of drug-likeness (QED) is 0.795. The first-order valence-electron chi connectivity index (χ1n) is 8.45. The Morgan fingerprint density at radius 3 is 2.54 bits per heavy atom. The summed E-state index contributed by atoms with van der Waals surface area (Å²) < 4.78 is 10.6. The van der Waals surface area contributed by atoms with Gasteiger partial charge in [0.05, 0.1) is 20.3 Å². The van der Waals surface area contributed by atoms with Gasteiger partial charge in [0.15, 0.2) is 11.5 Å². The number of fused-ring (bicyclic) bond motifs is 1. The fourth-order valence-electron chi connectivity index (χ4n) is 3.45. The van der Waals surface area contributed by atoms with Gasteiger partial charge in [-0.05, 0) is 67.1 Å². The highest BCUT2D eigenvalue weighted by Gasteiger charge is 2.23. The summed E-state index contributed by atoms with van der Waals surface area (Å²) in [5, 5.41) is 3.16. The summed E-state index contributed by atoms with van der Waals surface area (Å²) >= 11 is 0. The molecule has 1 unspecified atom stereocenters. The molecule has 0 spiro atoms. The van der Waals surface area contributed by atoms with Crippen LogP contribution in [-0.2, 0) is 6.42 Å². The van der Waals surface area contributed by atoms with E-state index < -0.39 is 0 Å². The number of benzene rings is 2. The first-order chi connectivity index (χ1) is 12.0. The zero-order valence-electron chi connectivity index (χ0n) is 15.3. The number of rotatable bonds is 4. The summed E-state index contributed by atoms with van der Waals surface area (Å²) in [7, 11) is 3.15. The summed E-state index contributed by atoms with van der Waals surface area (Å²) in [6, 6.07) is 9.49. The van der Waals surface area contributed by atoms with E-state index in [0.717, 1.165) is 36.1 Å². The second-order valence-electron chi connectivity index (χ2n) is 6.40. The van der Waals surface area contributed by atoms with E-state index in [4.69, 9.17) is 15.2 Å². The Balaban J connectivity index is 0.00000243. The maximum absolute atomic E-state index is 12.8. The van der Waals surface area contributed by atoms with Gasteiger partial charge in [-0.2, -0.15) is 0 Å². The lowest BCUT2D eigenvalue weighted by molar-refractivity contribution is 0.0931. The highest BCUT2D eigenvalue weighted by atomic mass is 35.5. The lowest BCUT2D eigenvalue weighted by Crippen LogP contribution is -2.31. The minimum Gasteiger partial charge on any atom is -0.493 e. The predicted molar refractivity (Wildman–Crippen MR) is 106 cm³/mol. The van der Waals surface area contributed by atoms with E-state index in [1.807, 2.05) is 31.2 Å². The maximum atomic E-state index is 12.8. The second kappa shape index (κ2) is 8.32. The van der Waals surface area contributed by atoms with E-state index in [1.54, 1.807) is 20.3 Å². The molecule has 2 aromatic carbocycles. The van der Waals surface area contributed by atoms with Gasteiger partial charge in [-0.15, -0.1) is 12.4 Å². The van der Waals surface area contributed by atoms with Gasteiger partial charge in [0.25, 0.3) is 5.91 Å². The van der Waals surface area contributed by atoms with E-state index >= 15 is 0 Å². The average molecular weight is 377 g/mol. The Bertz CT molecular complexity index is 808. The highest BCUT2D eigenvalue weighted by molar-refractivity contribution is 5.96. The van der Waals surface area contributed by atoms with Crippen molar-refractivity contribution in [2.45, 2.75) is 32.2 Å². The smallest absolute Gasteiger partial charge is 0.252 e. The molecule has 1 atom stereocenters. The molecule has 6 heteroatoms. The van der Waals surface area contributed by atoms with Crippen molar-refractivity contribution in [3.63, 3.8) is 0 Å². The van der Waals surface area contributed by atoms with Crippen LogP contribution in [0.4, 0.5) is 5.69 Å². The molecule has 5 nitrogen and oxygen atoms in total. The summed E-state index contributed by atoms with van der Waals surface area (Å²) in [6.45, 7) is 1.90. The number of methoxy groups -OCH3 is 2. The Hall–Kier alpha value is -2.40. The van der Waals surface area contributed by atoms with Crippen LogP contribution in [0.1, 0.15) is 45.9 Å². The number of nitrogens with two attached hydrogens (primary N) is 1. The van der Waals surface area contributed by atoms with Crippen molar-refractivity contribution in [1.82, 2.24) is 5.32 Å². The molecule has 3 rings (SSSR count). The van der Waals surface area contributed by atoms with Gasteiger partial charge in [-0.3, -0.25) is 4.79 Å². The summed E-state index contributed by atoms with van der Waals surface area (Å²) in [5.74, 6) is 1.07. The van der Waals surface area contributed by atoms with Crippen LogP contribution in [-0.4, -0.2) is 20.1 Å². The molecule has 2 aromatic rings. The number of carbonyl (C=O) groups excluding carboxylic acids is 1. The van der Waals surface area contributed by atoms with Crippen molar-refractivity contribution in [2.24, 2.45) is 0 Å². The number of aryl methyl sites for hydroxylation is 2. The van der Waals surface area contributed by atoms with Crippen molar-refractivity contribution >= 4 is 24.0 Å². The molecule has 0 radical (unpaired) electrons. The van der Waals surface area contributed by atoms with Crippen molar-refractivity contribution in [3.8, 4) is 11.5 Å². The minimum absolute atomic E-state index is 0. The molecular formula is C20H25ClN2O3. The number of carbonyl (C=O) groups is 1. The van der Waals surface area contributed by atoms with Crippen molar-refractivity contribution in [3.05, 3.63) is 52.6 Å². The summed E-state index contributed by atoms with van der Waals surface area (Å²) in [4.78, 5) is 12.8. The predicted octanol–water partition coefficient (Wildman–Crippen LogP) is 3.82. The largest absolute Gasteiger partial charge is 0.493 e. The van der Waals surface area contributed by atoms with Crippen LogP contribution in [0.2, 0.25) is 0 Å². The van der Waals surface area contributed by atoms with E-state index in [9.17, 15) is 4.79 Å². The molecule has 0 fully saturated rings. The molecule has 140 valence electrons. The maximum Gasteiger partial charge on any atom is 0.252 e. The Morgan fingerprint density at radius 1 is 1.15 bits per heavy atom. The Labute approximate surface area is 160 Å². The number of hydrogen-bond donors (Lipinski definition) is 2. The third-order valence-corrected chi connectivity index (χ3v) is 4.76. The molecule has 0 aromatic heterocycles. The number of anilines is 1. The number of hydrogen-bond acceptors (Lipinski definition) is 4. The highest BCUT2D eigenvalue weighted by Crippen LogP contribution is 2.33. The molecule has 3 N–H and O–H groups in total. The topological polar surface area (TPSA) is 73.6 Å². The minimum atomic E-state index is -0.104. The third kappa shape index (κ3) is 3.88. The number of nitrogens with one attached hydrogen (secondary N) is 1. The van der Waals surface area contributed by atoms with Crippen LogP contribution in [0.25, 0.3) is 0 Å². The first kappa shape index (κ1) is 19.9. The molecule has 0 saturated carbocycles. The van der Waals surface area contributed by atoms with Gasteiger partial charge in [0.1, 0.15) is 0 Å². The average Bonchev–Trinajstić information content (AvgIpc) is 2.61. The van der Waals surface area contributed by atoms with Crippen LogP contribution in [0, 0.1) is 6.92 Å². The van der Waals surface area contributed by atoms with Gasteiger partial charge in [-0.25, -0.2) is 0 Å². The second-order valence-corrected chi connectivity index (χ2v) is 6.40. The standard InChI is InChI=1S/C20H24N2O3.ClH/c1-12-9-18(24-2)19(25-3)11-16(12)20(23)22-17-6-4-5-13-10-14(21)7-8-15(13)17;/h7-11,17H,4-6,21H2,1-3H3,(H,22,23);1H. The van der Waals surface area contributed by atoms with Crippen LogP contribution in [0.3, 0.4) is 0 Å². The van der Waals surface area contributed by atoms with Gasteiger partial charge in [0.2, 0.25) is 0 Å². The molecule has 0 heterocycles. The lowest BCUT2D eigenvalue weighted by atomic mass is 9.87. The zero-order valence-corrected chi connectivity index (χ0v) is 16.1. The molecule has 1 aliphatic rings. The fourth-order valence-corrected chi connectivity index (χ4v) is 3.45. The SMILES string of the molecule is COc1cc(C)c(C(=O)NC2CCCc3cc(N)ccc32)cc1OC.Cl. The molecule has 26 heavy (non-hydrogen) atoms. The summed E-state index contributed by atoms with van der Waals surface area (Å²) in [6.07, 6.45) is 2.96. The molecule has 0 saturated heterocycles. The van der Waals surface area contributed by atoms with Gasteiger partial charge in [0, 0.05) is 11.3 Å². The number of halogens is 1. The van der Waals surface area contributed by atoms with Crippen molar-refractivity contribution in [2.75, 3.05) is 20.0 Å². The third-order valence-electron chi connectivity index (χ3n) is 4.76. The van der Waals surface area contributed by atoms with E-state index in [2.05, 4.69) is 5.32 Å².